The first-order chi connectivity index (χ1) is 8.09. The minimum Gasteiger partial charge on any atom is -0.467 e. The molecule has 0 saturated heterocycles. The summed E-state index contributed by atoms with van der Waals surface area (Å²) in [6.45, 7) is 4.39. The van der Waals surface area contributed by atoms with Crippen LogP contribution >= 0.6 is 0 Å². The Bertz CT molecular complexity index is 320. The Hall–Kier alpha value is -1.29. The quantitative estimate of drug-likeness (QED) is 0.764. The first-order valence-electron chi connectivity index (χ1n) is 6.15. The van der Waals surface area contributed by atoms with E-state index >= 15 is 0 Å². The van der Waals surface area contributed by atoms with E-state index in [4.69, 9.17) is 10.2 Å². The third-order valence-electron chi connectivity index (χ3n) is 2.76. The van der Waals surface area contributed by atoms with Gasteiger partial charge in [-0.1, -0.05) is 13.3 Å². The summed E-state index contributed by atoms with van der Waals surface area (Å²) in [5.74, 6) is 0.885. The summed E-state index contributed by atoms with van der Waals surface area (Å²) in [6.07, 6.45) is 4.45. The Kier molecular flexibility index (Phi) is 5.77. The zero-order chi connectivity index (χ0) is 12.7. The van der Waals surface area contributed by atoms with Crippen LogP contribution in [0.3, 0.4) is 0 Å². The highest BCUT2D eigenvalue weighted by atomic mass is 16.3. The largest absolute Gasteiger partial charge is 0.467 e. The molecular formula is C13H22N2O2. The van der Waals surface area contributed by atoms with Gasteiger partial charge in [0.05, 0.1) is 12.8 Å². The van der Waals surface area contributed by atoms with Gasteiger partial charge in [0.1, 0.15) is 5.76 Å². The summed E-state index contributed by atoms with van der Waals surface area (Å²) in [4.78, 5) is 11.7. The second-order valence-corrected chi connectivity index (χ2v) is 4.61. The summed E-state index contributed by atoms with van der Waals surface area (Å²) in [5.41, 5.74) is 5.66. The lowest BCUT2D eigenvalue weighted by atomic mass is 10.0. The minimum absolute atomic E-state index is 0.0312. The number of amides is 1. The van der Waals surface area contributed by atoms with Crippen LogP contribution in [0, 0.1) is 5.92 Å². The van der Waals surface area contributed by atoms with Crippen molar-refractivity contribution in [2.24, 2.45) is 11.7 Å². The fourth-order valence-electron chi connectivity index (χ4n) is 1.64. The molecule has 0 aliphatic carbocycles. The van der Waals surface area contributed by atoms with Gasteiger partial charge in [-0.2, -0.15) is 0 Å². The van der Waals surface area contributed by atoms with Crippen molar-refractivity contribution in [3.63, 3.8) is 0 Å². The van der Waals surface area contributed by atoms with Crippen LogP contribution < -0.4 is 11.1 Å². The number of carbonyl (C=O) groups is 1. The molecule has 0 fully saturated rings. The molecular weight excluding hydrogens is 216 g/mol. The van der Waals surface area contributed by atoms with E-state index in [0.717, 1.165) is 25.0 Å². The molecule has 3 N–H and O–H groups in total. The summed E-state index contributed by atoms with van der Waals surface area (Å²) >= 11 is 0. The lowest BCUT2D eigenvalue weighted by Gasteiger charge is -2.12. The predicted octanol–water partition coefficient (Wildman–Crippen LogP) is 2.05. The first-order valence-corrected chi connectivity index (χ1v) is 6.15. The fourth-order valence-corrected chi connectivity index (χ4v) is 1.64. The van der Waals surface area contributed by atoms with Crippen molar-refractivity contribution >= 4 is 5.91 Å². The molecule has 1 aromatic rings. The smallest absolute Gasteiger partial charge is 0.223 e. The molecule has 0 aliphatic rings. The fraction of sp³-hybridized carbons (Fsp3) is 0.615. The van der Waals surface area contributed by atoms with E-state index in [9.17, 15) is 4.79 Å². The third kappa shape index (κ3) is 5.54. The van der Waals surface area contributed by atoms with E-state index in [2.05, 4.69) is 5.32 Å². The van der Waals surface area contributed by atoms with E-state index in [-0.39, 0.29) is 17.9 Å². The first kappa shape index (κ1) is 13.8. The minimum atomic E-state index is 0.0312. The van der Waals surface area contributed by atoms with Crippen LogP contribution in [0.1, 0.15) is 38.9 Å². The van der Waals surface area contributed by atoms with Gasteiger partial charge in [-0.3, -0.25) is 4.79 Å². The maximum absolute atomic E-state index is 11.7. The van der Waals surface area contributed by atoms with Crippen LogP contribution in [0.4, 0.5) is 0 Å². The lowest BCUT2D eigenvalue weighted by molar-refractivity contribution is -0.125. The molecule has 4 heteroatoms. The molecule has 0 aliphatic heterocycles. The van der Waals surface area contributed by atoms with Crippen molar-refractivity contribution in [1.82, 2.24) is 5.32 Å². The highest BCUT2D eigenvalue weighted by Crippen LogP contribution is 2.09. The van der Waals surface area contributed by atoms with Gasteiger partial charge in [-0.15, -0.1) is 0 Å². The number of rotatable bonds is 7. The second kappa shape index (κ2) is 7.12. The number of hydrogen-bond donors (Lipinski definition) is 2. The van der Waals surface area contributed by atoms with E-state index in [1.54, 1.807) is 6.26 Å². The van der Waals surface area contributed by atoms with Crippen LogP contribution in [-0.4, -0.2) is 11.9 Å². The molecule has 1 aromatic heterocycles. The number of furan rings is 1. The molecule has 2 unspecified atom stereocenters. The highest BCUT2D eigenvalue weighted by molar-refractivity contribution is 5.78. The van der Waals surface area contributed by atoms with Crippen LogP contribution in [0.5, 0.6) is 0 Å². The van der Waals surface area contributed by atoms with E-state index in [0.29, 0.717) is 6.54 Å². The molecule has 17 heavy (non-hydrogen) atoms. The van der Waals surface area contributed by atoms with Crippen molar-refractivity contribution in [2.45, 2.75) is 45.7 Å². The number of carbonyl (C=O) groups excluding carboxylic acids is 1. The van der Waals surface area contributed by atoms with Crippen molar-refractivity contribution in [3.8, 4) is 0 Å². The average molecular weight is 238 g/mol. The van der Waals surface area contributed by atoms with Crippen molar-refractivity contribution < 1.29 is 9.21 Å². The number of nitrogens with two attached hydrogens (primary N) is 1. The zero-order valence-corrected chi connectivity index (χ0v) is 10.6. The van der Waals surface area contributed by atoms with Gasteiger partial charge in [0.2, 0.25) is 5.91 Å². The Balaban J connectivity index is 2.18. The molecule has 4 nitrogen and oxygen atoms in total. The molecule has 0 saturated carbocycles. The highest BCUT2D eigenvalue weighted by Gasteiger charge is 2.12. The van der Waals surface area contributed by atoms with Crippen molar-refractivity contribution in [1.29, 1.82) is 0 Å². The molecule has 0 radical (unpaired) electrons. The summed E-state index contributed by atoms with van der Waals surface area (Å²) in [6, 6.07) is 3.88. The Morgan fingerprint density at radius 3 is 2.82 bits per heavy atom. The Morgan fingerprint density at radius 1 is 1.47 bits per heavy atom. The predicted molar refractivity (Wildman–Crippen MR) is 67.2 cm³/mol. The normalized spacial score (nSPS) is 14.3. The topological polar surface area (TPSA) is 68.3 Å². The van der Waals surface area contributed by atoms with Gasteiger partial charge in [-0.05, 0) is 31.9 Å². The monoisotopic (exact) mass is 238 g/mol. The molecule has 1 rings (SSSR count). The standard InChI is InChI=1S/C13H22N2O2/c1-10(5-3-6-11(2)14)13(16)15-9-12-7-4-8-17-12/h4,7-8,10-11H,3,5-6,9,14H2,1-2H3,(H,15,16). The molecule has 0 bridgehead atoms. The van der Waals surface area contributed by atoms with Crippen molar-refractivity contribution in [2.75, 3.05) is 0 Å². The average Bonchev–Trinajstić information content (AvgIpc) is 2.78. The van der Waals surface area contributed by atoms with Crippen LogP contribution in [0.15, 0.2) is 22.8 Å². The molecule has 0 spiro atoms. The van der Waals surface area contributed by atoms with Crippen molar-refractivity contribution in [3.05, 3.63) is 24.2 Å². The lowest BCUT2D eigenvalue weighted by Crippen LogP contribution is -2.28. The van der Waals surface area contributed by atoms with Gasteiger partial charge in [-0.25, -0.2) is 0 Å². The van der Waals surface area contributed by atoms with E-state index in [1.165, 1.54) is 0 Å². The summed E-state index contributed by atoms with van der Waals surface area (Å²) in [7, 11) is 0. The van der Waals surface area contributed by atoms with Crippen LogP contribution in [0.25, 0.3) is 0 Å². The summed E-state index contributed by atoms with van der Waals surface area (Å²) in [5, 5.41) is 2.86. The van der Waals surface area contributed by atoms with Crippen LogP contribution in [0.2, 0.25) is 0 Å². The van der Waals surface area contributed by atoms with Crippen LogP contribution in [-0.2, 0) is 11.3 Å². The summed E-state index contributed by atoms with van der Waals surface area (Å²) < 4.78 is 5.14. The van der Waals surface area contributed by atoms with Gasteiger partial charge in [0.25, 0.3) is 0 Å². The number of nitrogens with one attached hydrogen (secondary N) is 1. The maximum atomic E-state index is 11.7. The molecule has 1 amide bonds. The van der Waals surface area contributed by atoms with Gasteiger partial charge in [0.15, 0.2) is 0 Å². The zero-order valence-electron chi connectivity index (χ0n) is 10.6. The Labute approximate surface area is 103 Å². The van der Waals surface area contributed by atoms with E-state index in [1.807, 2.05) is 26.0 Å². The molecule has 2 atom stereocenters. The van der Waals surface area contributed by atoms with Gasteiger partial charge in [0, 0.05) is 12.0 Å². The Morgan fingerprint density at radius 2 is 2.24 bits per heavy atom. The van der Waals surface area contributed by atoms with Gasteiger partial charge < -0.3 is 15.5 Å². The maximum Gasteiger partial charge on any atom is 0.223 e. The van der Waals surface area contributed by atoms with Gasteiger partial charge >= 0.3 is 0 Å². The van der Waals surface area contributed by atoms with E-state index < -0.39 is 0 Å². The second-order valence-electron chi connectivity index (χ2n) is 4.61. The molecule has 1 heterocycles. The molecule has 0 aromatic carbocycles. The molecule has 96 valence electrons. The number of hydrogen-bond acceptors (Lipinski definition) is 3. The SMILES string of the molecule is CC(N)CCCC(C)C(=O)NCc1ccco1. The third-order valence-corrected chi connectivity index (χ3v) is 2.76.